The van der Waals surface area contributed by atoms with Crippen LogP contribution >= 0.6 is 11.6 Å². The van der Waals surface area contributed by atoms with Crippen molar-refractivity contribution in [1.82, 2.24) is 10.3 Å². The van der Waals surface area contributed by atoms with Gasteiger partial charge in [-0.05, 0) is 25.1 Å². The third-order valence-electron chi connectivity index (χ3n) is 3.43. The van der Waals surface area contributed by atoms with Gasteiger partial charge in [0.15, 0.2) is 23.5 Å². The zero-order valence-electron chi connectivity index (χ0n) is 11.0. The minimum Gasteiger partial charge on any atom is -0.474 e. The third kappa shape index (κ3) is 3.01. The molecule has 0 radical (unpaired) electrons. The highest BCUT2D eigenvalue weighted by atomic mass is 35.5. The average molecular weight is 315 g/mol. The molecule has 1 saturated heterocycles. The Morgan fingerprint density at radius 3 is 2.71 bits per heavy atom. The van der Waals surface area contributed by atoms with Gasteiger partial charge in [-0.25, -0.2) is 13.8 Å². The summed E-state index contributed by atoms with van der Waals surface area (Å²) in [5.41, 5.74) is 0. The van der Waals surface area contributed by atoms with E-state index in [1.54, 1.807) is 0 Å². The largest absolute Gasteiger partial charge is 0.474 e. The quantitative estimate of drug-likeness (QED) is 0.940. The van der Waals surface area contributed by atoms with Crippen LogP contribution in [-0.2, 0) is 0 Å². The first-order valence-electron chi connectivity index (χ1n) is 6.56. The van der Waals surface area contributed by atoms with E-state index < -0.39 is 23.5 Å². The normalized spacial score (nSPS) is 19.7. The maximum Gasteiger partial charge on any atom is 0.235 e. The van der Waals surface area contributed by atoms with Gasteiger partial charge < -0.3 is 14.5 Å². The number of benzene rings is 1. The van der Waals surface area contributed by atoms with E-state index in [2.05, 4.69) is 10.3 Å². The molecule has 3 rings (SSSR count). The summed E-state index contributed by atoms with van der Waals surface area (Å²) in [4.78, 5) is 4.04. The smallest absolute Gasteiger partial charge is 0.235 e. The predicted octanol–water partition coefficient (Wildman–Crippen LogP) is 3.34. The zero-order chi connectivity index (χ0) is 14.8. The van der Waals surface area contributed by atoms with Crippen molar-refractivity contribution >= 4 is 11.6 Å². The topological polar surface area (TPSA) is 47.3 Å². The van der Waals surface area contributed by atoms with Crippen LogP contribution < -0.4 is 10.1 Å². The molecule has 2 heterocycles. The molecule has 1 aliphatic heterocycles. The molecular formula is C14H13ClF2N2O2. The summed E-state index contributed by atoms with van der Waals surface area (Å²) in [5, 5.41) is 3.16. The number of ether oxygens (including phenoxy) is 1. The Bertz CT molecular complexity index is 592. The molecule has 4 nitrogen and oxygen atoms in total. The highest BCUT2D eigenvalue weighted by Crippen LogP contribution is 2.34. The van der Waals surface area contributed by atoms with E-state index in [-0.39, 0.29) is 10.9 Å². The lowest BCUT2D eigenvalue weighted by Crippen LogP contribution is -2.22. The second kappa shape index (κ2) is 5.99. The SMILES string of the molecule is Fc1cc(Cl)cc(F)c1O[C@H](c1ncco1)[C@@H]1CCNC1. The predicted molar refractivity (Wildman–Crippen MR) is 72.2 cm³/mol. The fourth-order valence-corrected chi connectivity index (χ4v) is 2.62. The van der Waals surface area contributed by atoms with E-state index in [0.717, 1.165) is 25.1 Å². The van der Waals surface area contributed by atoms with Crippen LogP contribution in [0.4, 0.5) is 8.78 Å². The Morgan fingerprint density at radius 2 is 2.14 bits per heavy atom. The van der Waals surface area contributed by atoms with Crippen LogP contribution in [-0.4, -0.2) is 18.1 Å². The van der Waals surface area contributed by atoms with Crippen molar-refractivity contribution in [3.8, 4) is 5.75 Å². The van der Waals surface area contributed by atoms with Crippen LogP contribution in [0.25, 0.3) is 0 Å². The Balaban J connectivity index is 1.91. The second-order valence-electron chi connectivity index (χ2n) is 4.86. The number of nitrogens with zero attached hydrogens (tertiary/aromatic N) is 1. The highest BCUT2D eigenvalue weighted by molar-refractivity contribution is 6.30. The Kier molecular flexibility index (Phi) is 4.07. The van der Waals surface area contributed by atoms with Gasteiger partial charge in [0.2, 0.25) is 5.89 Å². The van der Waals surface area contributed by atoms with Crippen molar-refractivity contribution < 1.29 is 17.9 Å². The molecule has 112 valence electrons. The van der Waals surface area contributed by atoms with Crippen LogP contribution in [0.15, 0.2) is 29.0 Å². The fraction of sp³-hybridized carbons (Fsp3) is 0.357. The van der Waals surface area contributed by atoms with Crippen molar-refractivity contribution in [3.05, 3.63) is 47.1 Å². The van der Waals surface area contributed by atoms with E-state index in [1.165, 1.54) is 12.5 Å². The van der Waals surface area contributed by atoms with E-state index in [9.17, 15) is 8.78 Å². The number of aromatic nitrogens is 1. The molecule has 21 heavy (non-hydrogen) atoms. The maximum atomic E-state index is 13.9. The molecule has 1 fully saturated rings. The minimum absolute atomic E-state index is 0.0208. The van der Waals surface area contributed by atoms with Crippen LogP contribution in [0.1, 0.15) is 18.4 Å². The number of hydrogen-bond acceptors (Lipinski definition) is 4. The van der Waals surface area contributed by atoms with Crippen LogP contribution in [0, 0.1) is 17.6 Å². The van der Waals surface area contributed by atoms with Crippen LogP contribution in [0.5, 0.6) is 5.75 Å². The van der Waals surface area contributed by atoms with Crippen molar-refractivity contribution in [3.63, 3.8) is 0 Å². The molecule has 1 aromatic heterocycles. The minimum atomic E-state index is -0.845. The van der Waals surface area contributed by atoms with E-state index >= 15 is 0 Å². The number of oxazole rings is 1. The van der Waals surface area contributed by atoms with E-state index in [4.69, 9.17) is 20.8 Å². The molecule has 2 aromatic rings. The monoisotopic (exact) mass is 314 g/mol. The van der Waals surface area contributed by atoms with Gasteiger partial charge in [0.25, 0.3) is 0 Å². The molecular weight excluding hydrogens is 302 g/mol. The van der Waals surface area contributed by atoms with Crippen LogP contribution in [0.3, 0.4) is 0 Å². The molecule has 0 amide bonds. The molecule has 0 bridgehead atoms. The molecule has 1 N–H and O–H groups in total. The van der Waals surface area contributed by atoms with Crippen molar-refractivity contribution in [2.75, 3.05) is 13.1 Å². The molecule has 1 aliphatic rings. The molecule has 0 spiro atoms. The number of nitrogens with one attached hydrogen (secondary N) is 1. The number of hydrogen-bond donors (Lipinski definition) is 1. The zero-order valence-corrected chi connectivity index (χ0v) is 11.7. The Labute approximate surface area is 125 Å². The first-order chi connectivity index (χ1) is 10.1. The summed E-state index contributed by atoms with van der Waals surface area (Å²) in [6, 6.07) is 2.03. The Morgan fingerprint density at radius 1 is 1.38 bits per heavy atom. The molecule has 7 heteroatoms. The first-order valence-corrected chi connectivity index (χ1v) is 6.94. The van der Waals surface area contributed by atoms with Gasteiger partial charge in [0.05, 0.1) is 6.20 Å². The van der Waals surface area contributed by atoms with Crippen molar-refractivity contribution in [1.29, 1.82) is 0 Å². The fourth-order valence-electron chi connectivity index (χ4n) is 2.43. The van der Waals surface area contributed by atoms with Gasteiger partial charge in [-0.2, -0.15) is 0 Å². The van der Waals surface area contributed by atoms with Gasteiger partial charge in [0, 0.05) is 17.5 Å². The van der Waals surface area contributed by atoms with Crippen molar-refractivity contribution in [2.24, 2.45) is 5.92 Å². The summed E-state index contributed by atoms with van der Waals surface area (Å²) >= 11 is 5.61. The van der Waals surface area contributed by atoms with E-state index in [0.29, 0.717) is 12.4 Å². The summed E-state index contributed by atoms with van der Waals surface area (Å²) in [7, 11) is 0. The summed E-state index contributed by atoms with van der Waals surface area (Å²) < 4.78 is 38.6. The standard InChI is InChI=1S/C14H13ClF2N2O2/c15-9-5-10(16)13(11(17)6-9)21-12(8-1-2-18-7-8)14-19-3-4-20-14/h3-6,8,12,18H,1-2,7H2/t8-,12+/m1/s1. The van der Waals surface area contributed by atoms with E-state index in [1.807, 2.05) is 0 Å². The van der Waals surface area contributed by atoms with Gasteiger partial charge in [-0.1, -0.05) is 11.6 Å². The van der Waals surface area contributed by atoms with Crippen molar-refractivity contribution in [2.45, 2.75) is 12.5 Å². The van der Waals surface area contributed by atoms with Gasteiger partial charge in [-0.3, -0.25) is 0 Å². The second-order valence-corrected chi connectivity index (χ2v) is 5.30. The molecule has 1 aromatic carbocycles. The summed E-state index contributed by atoms with van der Waals surface area (Å²) in [5.74, 6) is -1.82. The lowest BCUT2D eigenvalue weighted by Gasteiger charge is -2.22. The molecule has 2 atom stereocenters. The molecule has 0 unspecified atom stereocenters. The number of halogens is 3. The molecule has 0 saturated carbocycles. The lowest BCUT2D eigenvalue weighted by molar-refractivity contribution is 0.104. The lowest BCUT2D eigenvalue weighted by atomic mass is 10.0. The number of rotatable bonds is 4. The summed E-state index contributed by atoms with van der Waals surface area (Å²) in [6.07, 6.45) is 3.04. The highest BCUT2D eigenvalue weighted by Gasteiger charge is 2.32. The van der Waals surface area contributed by atoms with Crippen LogP contribution in [0.2, 0.25) is 5.02 Å². The van der Waals surface area contributed by atoms with Gasteiger partial charge in [0.1, 0.15) is 6.26 Å². The summed E-state index contributed by atoms with van der Waals surface area (Å²) in [6.45, 7) is 1.49. The maximum absolute atomic E-state index is 13.9. The average Bonchev–Trinajstić information content (AvgIpc) is 3.11. The van der Waals surface area contributed by atoms with Gasteiger partial charge in [-0.15, -0.1) is 0 Å². The Hall–Kier alpha value is -1.66. The van der Waals surface area contributed by atoms with Gasteiger partial charge >= 0.3 is 0 Å². The molecule has 0 aliphatic carbocycles. The third-order valence-corrected chi connectivity index (χ3v) is 3.65. The first kappa shape index (κ1) is 14.3.